The Bertz CT molecular complexity index is 1330. The number of halogens is 1. The molecule has 1 aromatic carbocycles. The highest BCUT2D eigenvalue weighted by molar-refractivity contribution is 6.03. The topological polar surface area (TPSA) is 99.2 Å². The van der Waals surface area contributed by atoms with Gasteiger partial charge in [0, 0.05) is 34.7 Å². The molecule has 1 aliphatic rings. The molecule has 2 amide bonds. The summed E-state index contributed by atoms with van der Waals surface area (Å²) in [6, 6.07) is 7.04. The minimum absolute atomic E-state index is 0.0757. The molecule has 0 saturated carbocycles. The van der Waals surface area contributed by atoms with E-state index < -0.39 is 11.7 Å². The molecule has 9 heteroatoms. The SMILES string of the molecule is COc1ccc(Cn2cc(-c3ccc4c(C5CCC(=O)NC5=O)coc4c3F)cn2)nc1. The van der Waals surface area contributed by atoms with E-state index in [2.05, 4.69) is 15.4 Å². The minimum Gasteiger partial charge on any atom is -0.495 e. The van der Waals surface area contributed by atoms with Crippen LogP contribution in [-0.4, -0.2) is 33.7 Å². The molecule has 32 heavy (non-hydrogen) atoms. The maximum absolute atomic E-state index is 15.3. The third kappa shape index (κ3) is 3.51. The van der Waals surface area contributed by atoms with Gasteiger partial charge in [0.15, 0.2) is 11.4 Å². The zero-order valence-electron chi connectivity index (χ0n) is 17.2. The Balaban J connectivity index is 1.42. The number of piperidine rings is 1. The first kappa shape index (κ1) is 19.9. The number of hydrogen-bond donors (Lipinski definition) is 1. The van der Waals surface area contributed by atoms with Crippen LogP contribution in [0.1, 0.15) is 30.0 Å². The van der Waals surface area contributed by atoms with Gasteiger partial charge < -0.3 is 9.15 Å². The molecule has 0 radical (unpaired) electrons. The Labute approximate surface area is 182 Å². The van der Waals surface area contributed by atoms with Crippen LogP contribution in [0.4, 0.5) is 4.39 Å². The molecule has 1 N–H and O–H groups in total. The first-order valence-electron chi connectivity index (χ1n) is 10.1. The molecule has 1 fully saturated rings. The predicted molar refractivity (Wildman–Crippen MR) is 112 cm³/mol. The third-order valence-corrected chi connectivity index (χ3v) is 5.63. The summed E-state index contributed by atoms with van der Waals surface area (Å²) in [5.74, 6) is -1.08. The summed E-state index contributed by atoms with van der Waals surface area (Å²) < 4.78 is 27.6. The molecule has 5 rings (SSSR count). The number of rotatable bonds is 5. The smallest absolute Gasteiger partial charge is 0.234 e. The van der Waals surface area contributed by atoms with Crippen molar-refractivity contribution in [2.75, 3.05) is 7.11 Å². The highest BCUT2D eigenvalue weighted by Crippen LogP contribution is 2.36. The molecule has 8 nitrogen and oxygen atoms in total. The number of furan rings is 1. The molecular weight excluding hydrogens is 415 g/mol. The summed E-state index contributed by atoms with van der Waals surface area (Å²) in [7, 11) is 1.58. The van der Waals surface area contributed by atoms with E-state index in [-0.39, 0.29) is 23.8 Å². The van der Waals surface area contributed by atoms with Crippen LogP contribution in [0, 0.1) is 5.82 Å². The molecule has 4 heterocycles. The van der Waals surface area contributed by atoms with Crippen molar-refractivity contribution in [2.24, 2.45) is 0 Å². The first-order valence-corrected chi connectivity index (χ1v) is 10.1. The second-order valence-electron chi connectivity index (χ2n) is 7.61. The molecule has 4 aromatic rings. The number of carbonyl (C=O) groups excluding carboxylic acids is 2. The molecule has 0 aliphatic carbocycles. The van der Waals surface area contributed by atoms with Crippen LogP contribution in [0.25, 0.3) is 22.1 Å². The van der Waals surface area contributed by atoms with E-state index in [1.165, 1.54) is 6.26 Å². The molecule has 1 unspecified atom stereocenters. The van der Waals surface area contributed by atoms with Gasteiger partial charge in [0.2, 0.25) is 11.8 Å². The Hall–Kier alpha value is -4.01. The van der Waals surface area contributed by atoms with Gasteiger partial charge in [-0.25, -0.2) is 4.39 Å². The van der Waals surface area contributed by atoms with E-state index in [4.69, 9.17) is 9.15 Å². The third-order valence-electron chi connectivity index (χ3n) is 5.63. The number of ether oxygens (including phenoxy) is 1. The number of methoxy groups -OCH3 is 1. The number of pyridine rings is 1. The van der Waals surface area contributed by atoms with Gasteiger partial charge in [0.1, 0.15) is 5.75 Å². The molecular formula is C23H19FN4O4. The van der Waals surface area contributed by atoms with Crippen LogP contribution >= 0.6 is 0 Å². The maximum atomic E-state index is 15.3. The van der Waals surface area contributed by atoms with Crippen molar-refractivity contribution in [1.29, 1.82) is 0 Å². The quantitative estimate of drug-likeness (QED) is 0.484. The summed E-state index contributed by atoms with van der Waals surface area (Å²) in [5.41, 5.74) is 2.38. The first-order chi connectivity index (χ1) is 15.5. The van der Waals surface area contributed by atoms with Crippen molar-refractivity contribution >= 4 is 22.8 Å². The van der Waals surface area contributed by atoms with E-state index in [0.29, 0.717) is 40.8 Å². The summed E-state index contributed by atoms with van der Waals surface area (Å²) in [5, 5.41) is 7.16. The standard InChI is InChI=1S/C23H19FN4O4/c1-31-15-3-2-14(25-9-15)11-28-10-13(8-26-28)16-4-5-17-19(12-32-22(17)21(16)24)18-6-7-20(29)27-23(18)30/h2-5,8-10,12,18H,6-7,11H2,1H3,(H,27,29,30). The lowest BCUT2D eigenvalue weighted by molar-refractivity contribution is -0.134. The van der Waals surface area contributed by atoms with Crippen molar-refractivity contribution in [3.63, 3.8) is 0 Å². The number of nitrogens with one attached hydrogen (secondary N) is 1. The van der Waals surface area contributed by atoms with Crippen molar-refractivity contribution in [1.82, 2.24) is 20.1 Å². The van der Waals surface area contributed by atoms with Crippen LogP contribution < -0.4 is 10.1 Å². The van der Waals surface area contributed by atoms with E-state index in [1.54, 1.807) is 42.5 Å². The van der Waals surface area contributed by atoms with Crippen molar-refractivity contribution in [2.45, 2.75) is 25.3 Å². The fourth-order valence-electron chi connectivity index (χ4n) is 3.95. The van der Waals surface area contributed by atoms with Crippen molar-refractivity contribution in [3.8, 4) is 16.9 Å². The fourth-order valence-corrected chi connectivity index (χ4v) is 3.95. The number of hydrogen-bond acceptors (Lipinski definition) is 6. The molecule has 3 aromatic heterocycles. The van der Waals surface area contributed by atoms with Gasteiger partial charge in [-0.15, -0.1) is 0 Å². The Morgan fingerprint density at radius 2 is 2.12 bits per heavy atom. The largest absolute Gasteiger partial charge is 0.495 e. The second-order valence-corrected chi connectivity index (χ2v) is 7.61. The van der Waals surface area contributed by atoms with Crippen LogP contribution in [0.15, 0.2) is 53.5 Å². The zero-order valence-corrected chi connectivity index (χ0v) is 17.2. The molecule has 1 aliphatic heterocycles. The Morgan fingerprint density at radius 3 is 2.88 bits per heavy atom. The molecule has 1 saturated heterocycles. The van der Waals surface area contributed by atoms with E-state index >= 15 is 4.39 Å². The molecule has 0 bridgehead atoms. The minimum atomic E-state index is -0.543. The van der Waals surface area contributed by atoms with Crippen molar-refractivity contribution in [3.05, 3.63) is 66.2 Å². The summed E-state index contributed by atoms with van der Waals surface area (Å²) in [6.07, 6.45) is 6.96. The van der Waals surface area contributed by atoms with E-state index in [9.17, 15) is 9.59 Å². The van der Waals surface area contributed by atoms with Crippen molar-refractivity contribution < 1.29 is 23.1 Å². The van der Waals surface area contributed by atoms with Crippen LogP contribution in [0.3, 0.4) is 0 Å². The number of aromatic nitrogens is 3. The van der Waals surface area contributed by atoms with Gasteiger partial charge in [0.05, 0.1) is 43.9 Å². The maximum Gasteiger partial charge on any atom is 0.234 e. The number of nitrogens with zero attached hydrogens (tertiary/aromatic N) is 3. The fraction of sp³-hybridized carbons (Fsp3) is 0.217. The van der Waals surface area contributed by atoms with Gasteiger partial charge in [-0.3, -0.25) is 24.6 Å². The van der Waals surface area contributed by atoms with Gasteiger partial charge in [0.25, 0.3) is 0 Å². The highest BCUT2D eigenvalue weighted by Gasteiger charge is 2.31. The van der Waals surface area contributed by atoms with E-state index in [0.717, 1.165) is 5.69 Å². The van der Waals surface area contributed by atoms with Crippen LogP contribution in [0.2, 0.25) is 0 Å². The van der Waals surface area contributed by atoms with Crippen LogP contribution in [-0.2, 0) is 16.1 Å². The van der Waals surface area contributed by atoms with E-state index in [1.807, 2.05) is 12.1 Å². The normalized spacial score (nSPS) is 16.4. The number of benzene rings is 1. The number of fused-ring (bicyclic) bond motifs is 1. The van der Waals surface area contributed by atoms with Gasteiger partial charge >= 0.3 is 0 Å². The molecule has 0 spiro atoms. The van der Waals surface area contributed by atoms with Crippen LogP contribution in [0.5, 0.6) is 5.75 Å². The average Bonchev–Trinajstić information content (AvgIpc) is 3.42. The number of carbonyl (C=O) groups is 2. The Morgan fingerprint density at radius 1 is 1.25 bits per heavy atom. The number of amides is 2. The lowest BCUT2D eigenvalue weighted by Gasteiger charge is -2.19. The zero-order chi connectivity index (χ0) is 22.2. The number of imide groups is 1. The summed E-state index contributed by atoms with van der Waals surface area (Å²) in [4.78, 5) is 28.0. The lowest BCUT2D eigenvalue weighted by Crippen LogP contribution is -2.39. The molecule has 162 valence electrons. The van der Waals surface area contributed by atoms with Gasteiger partial charge in [-0.2, -0.15) is 5.10 Å². The highest BCUT2D eigenvalue weighted by atomic mass is 19.1. The monoisotopic (exact) mass is 434 g/mol. The molecule has 1 atom stereocenters. The second kappa shape index (κ2) is 7.92. The van der Waals surface area contributed by atoms with Gasteiger partial charge in [-0.1, -0.05) is 6.07 Å². The Kier molecular flexibility index (Phi) is 4.93. The summed E-state index contributed by atoms with van der Waals surface area (Å²) >= 11 is 0. The average molecular weight is 434 g/mol. The summed E-state index contributed by atoms with van der Waals surface area (Å²) in [6.45, 7) is 0.425. The predicted octanol–water partition coefficient (Wildman–Crippen LogP) is 3.41. The lowest BCUT2D eigenvalue weighted by atomic mass is 9.90. The van der Waals surface area contributed by atoms with Gasteiger partial charge in [-0.05, 0) is 24.6 Å².